The van der Waals surface area contributed by atoms with Gasteiger partial charge in [-0.25, -0.2) is 0 Å². The molecule has 0 aromatic heterocycles. The zero-order valence-corrected chi connectivity index (χ0v) is 32.6. The number of ketones is 1. The Morgan fingerprint density at radius 1 is 1.00 bits per heavy atom. The van der Waals surface area contributed by atoms with Crippen molar-refractivity contribution >= 4 is 34.1 Å². The first-order valence-electron chi connectivity index (χ1n) is 16.4. The summed E-state index contributed by atoms with van der Waals surface area (Å²) in [4.78, 5) is 39.2. The third-order valence-electron chi connectivity index (χ3n) is 9.80. The van der Waals surface area contributed by atoms with E-state index in [1.54, 1.807) is 39.8 Å². The van der Waals surface area contributed by atoms with E-state index in [4.69, 9.17) is 18.9 Å². The van der Waals surface area contributed by atoms with Gasteiger partial charge < -0.3 is 49.8 Å². The van der Waals surface area contributed by atoms with Crippen LogP contribution in [0.3, 0.4) is 0 Å². The molecule has 51 heavy (non-hydrogen) atoms. The second-order valence-electron chi connectivity index (χ2n) is 13.4. The fourth-order valence-corrected chi connectivity index (χ4v) is 6.63. The van der Waals surface area contributed by atoms with E-state index in [0.29, 0.717) is 0 Å². The van der Waals surface area contributed by atoms with Gasteiger partial charge >= 0.3 is 41.3 Å². The predicted octanol–water partition coefficient (Wildman–Crippen LogP) is 1.13. The number of carbonyl (C=O) groups is 3. The Morgan fingerprint density at radius 2 is 1.65 bits per heavy atom. The van der Waals surface area contributed by atoms with E-state index < -0.39 is 88.8 Å². The summed E-state index contributed by atoms with van der Waals surface area (Å²) in [5.41, 5.74) is -0.125. The van der Waals surface area contributed by atoms with E-state index in [-0.39, 0.29) is 68.5 Å². The molecular formula is C37H46NNaO12. The fourth-order valence-electron chi connectivity index (χ4n) is 6.63. The van der Waals surface area contributed by atoms with Crippen LogP contribution < -0.4 is 44.7 Å². The quantitative estimate of drug-likeness (QED) is 0.128. The fraction of sp³-hybridized carbons (Fsp3) is 0.486. The summed E-state index contributed by atoms with van der Waals surface area (Å²) >= 11 is 0. The van der Waals surface area contributed by atoms with Gasteiger partial charge in [0.2, 0.25) is 0 Å². The number of aliphatic hydroxyl groups is 1. The van der Waals surface area contributed by atoms with Crippen molar-refractivity contribution in [1.82, 2.24) is 0 Å². The summed E-state index contributed by atoms with van der Waals surface area (Å²) in [7, 11) is 1.42. The minimum Gasteiger partial charge on any atom is -0.851 e. The topological polar surface area (TPSA) is 204 Å². The average Bonchev–Trinajstić information content (AvgIpc) is 3.33. The molecule has 1 amide bonds. The van der Waals surface area contributed by atoms with Crippen LogP contribution in [-0.4, -0.2) is 75.4 Å². The van der Waals surface area contributed by atoms with Crippen LogP contribution in [0.4, 0.5) is 5.69 Å². The van der Waals surface area contributed by atoms with Gasteiger partial charge in [-0.05, 0) is 31.8 Å². The van der Waals surface area contributed by atoms with E-state index >= 15 is 0 Å². The number of phenolic OH excluding ortho intramolecular Hbond substituents is 3. The van der Waals surface area contributed by atoms with Gasteiger partial charge in [0.15, 0.2) is 5.75 Å². The molecule has 9 atom stereocenters. The normalized spacial score (nSPS) is 32.6. The first-order chi connectivity index (χ1) is 23.4. The molecule has 2 aromatic rings. The molecule has 14 heteroatoms. The number of rotatable bonds is 2. The number of fused-ring (bicyclic) bond motifs is 14. The Balaban J connectivity index is 0.00000702. The first-order valence-corrected chi connectivity index (χ1v) is 16.4. The number of hydrogen-bond acceptors (Lipinski definition) is 12. The third kappa shape index (κ3) is 8.08. The maximum absolute atomic E-state index is 13.9. The molecule has 0 fully saturated rings. The van der Waals surface area contributed by atoms with Gasteiger partial charge in [-0.2, -0.15) is 0 Å². The summed E-state index contributed by atoms with van der Waals surface area (Å²) in [6.45, 7) is 12.3. The van der Waals surface area contributed by atoms with Crippen LogP contribution >= 0.6 is 0 Å². The molecule has 0 unspecified atom stereocenters. The molecule has 272 valence electrons. The van der Waals surface area contributed by atoms with Gasteiger partial charge in [0.1, 0.15) is 23.4 Å². The van der Waals surface area contributed by atoms with Gasteiger partial charge in [-0.15, -0.1) is 6.10 Å². The molecule has 3 aliphatic heterocycles. The van der Waals surface area contributed by atoms with E-state index in [0.717, 1.165) is 6.07 Å². The molecule has 0 spiro atoms. The average molecular weight is 720 g/mol. The third-order valence-corrected chi connectivity index (χ3v) is 9.80. The van der Waals surface area contributed by atoms with E-state index in [1.165, 1.54) is 53.2 Å². The van der Waals surface area contributed by atoms with Gasteiger partial charge in [-0.1, -0.05) is 45.9 Å². The number of aliphatic hydroxyl groups excluding tert-OH is 1. The van der Waals surface area contributed by atoms with Crippen LogP contribution in [0.1, 0.15) is 64.4 Å². The number of esters is 1. The second kappa shape index (κ2) is 16.4. The molecule has 3 aliphatic rings. The van der Waals surface area contributed by atoms with Crippen molar-refractivity contribution < 1.29 is 88.4 Å². The Labute approximate surface area is 319 Å². The number of ether oxygens (including phenoxy) is 4. The van der Waals surface area contributed by atoms with Crippen molar-refractivity contribution in [3.8, 4) is 23.0 Å². The summed E-state index contributed by atoms with van der Waals surface area (Å²) in [5, 5.41) is 60.4. The largest absolute Gasteiger partial charge is 1.00 e. The van der Waals surface area contributed by atoms with Crippen molar-refractivity contribution in [3.05, 3.63) is 53.3 Å². The number of nitrogens with one attached hydrogen (secondary N) is 1. The molecule has 13 nitrogen and oxygen atoms in total. The zero-order valence-electron chi connectivity index (χ0n) is 30.6. The smallest absolute Gasteiger partial charge is 0.851 e. The van der Waals surface area contributed by atoms with Crippen LogP contribution in [0.15, 0.2) is 42.2 Å². The number of allylic oxidation sites excluding steroid dienone is 2. The van der Waals surface area contributed by atoms with Gasteiger partial charge in [0, 0.05) is 55.4 Å². The molecule has 5 rings (SSSR count). The number of anilines is 1. The van der Waals surface area contributed by atoms with Crippen LogP contribution in [0.2, 0.25) is 0 Å². The number of amides is 1. The van der Waals surface area contributed by atoms with Gasteiger partial charge in [0.25, 0.3) is 11.7 Å². The number of aromatic hydroxyl groups is 3. The number of phenols is 3. The van der Waals surface area contributed by atoms with Gasteiger partial charge in [0.05, 0.1) is 35.1 Å². The van der Waals surface area contributed by atoms with E-state index in [2.05, 4.69) is 5.32 Å². The van der Waals surface area contributed by atoms with Crippen LogP contribution in [-0.2, 0) is 23.8 Å². The molecule has 0 aliphatic carbocycles. The number of carbonyl (C=O) groups excluding carboxylic acids is 3. The first kappa shape index (κ1) is 41.8. The molecule has 0 saturated heterocycles. The minimum atomic E-state index is -1.99. The molecule has 3 heterocycles. The SMILES string of the molecule is CO[C@H]1/C=C/O[C@@]2(C)Oc3c(C)c(O)c4c(O)c(cc(O)c4c3C2=O)NC(=O)/C(C)=C\C=C\[C@H](C)[C@H](O)[C@@H](C)[C@@H]([O-])[C@@H](C)[C@H](OC(C)=O)[C@@H]1C.[Na+]. The van der Waals surface area contributed by atoms with Crippen LogP contribution in [0.5, 0.6) is 23.0 Å². The molecule has 0 saturated carbocycles. The number of benzene rings is 2. The molecule has 2 aromatic carbocycles. The van der Waals surface area contributed by atoms with Crippen molar-refractivity contribution in [3.63, 3.8) is 0 Å². The number of Topliss-reactive ketones (excluding diaryl/α,β-unsaturated/α-hetero) is 1. The second-order valence-corrected chi connectivity index (χ2v) is 13.4. The van der Waals surface area contributed by atoms with Crippen molar-refractivity contribution in [1.29, 1.82) is 0 Å². The zero-order chi connectivity index (χ0) is 37.4. The monoisotopic (exact) mass is 719 g/mol. The Kier molecular flexibility index (Phi) is 13.4. The predicted molar refractivity (Wildman–Crippen MR) is 182 cm³/mol. The molecular weight excluding hydrogens is 673 g/mol. The maximum atomic E-state index is 13.9. The van der Waals surface area contributed by atoms with Crippen molar-refractivity contribution in [2.24, 2.45) is 23.7 Å². The summed E-state index contributed by atoms with van der Waals surface area (Å²) < 4.78 is 23.1. The van der Waals surface area contributed by atoms with Crippen molar-refractivity contribution in [2.75, 3.05) is 12.4 Å². The molecule has 5 N–H and O–H groups in total. The summed E-state index contributed by atoms with van der Waals surface area (Å²) in [5.74, 6) is -8.37. The Hall–Kier alpha value is -3.59. The Morgan fingerprint density at radius 3 is 2.25 bits per heavy atom. The van der Waals surface area contributed by atoms with E-state index in [9.17, 15) is 39.9 Å². The summed E-state index contributed by atoms with van der Waals surface area (Å²) in [6, 6.07) is 1.06. The minimum absolute atomic E-state index is 0. The van der Waals surface area contributed by atoms with Crippen LogP contribution in [0.25, 0.3) is 10.8 Å². The van der Waals surface area contributed by atoms with Crippen molar-refractivity contribution in [2.45, 2.75) is 85.6 Å². The maximum Gasteiger partial charge on any atom is 1.00 e. The van der Waals surface area contributed by atoms with E-state index in [1.807, 2.05) is 0 Å². The number of methoxy groups -OCH3 is 1. The van der Waals surface area contributed by atoms with Crippen LogP contribution in [0, 0.1) is 30.6 Å². The Bertz CT molecular complexity index is 1770. The number of hydrogen-bond donors (Lipinski definition) is 5. The summed E-state index contributed by atoms with van der Waals surface area (Å²) in [6.07, 6.45) is 3.12. The standard InChI is InChI=1S/C37H46NO12.Na/c1-16-11-10-12-17(2)36(46)38-23-15-24(40)26-27(32(23)44)31(43)21(6)34-28(26)35(45)37(8,50-34)48-14-13-25(47-9)18(3)33(49-22(7)39)20(5)30(42)19(4)29(16)41;/h10-16,18-20,25,29-30,33,40-41,43-44H,1-9H3,(H,38,46);/q-1;+1/b11-10+,14-13+,17-12-;/t16-,18+,19+,20+,25-,29-,30+,33+,37-;/m0./s1. The molecule has 0 radical (unpaired) electrons. The van der Waals surface area contributed by atoms with Gasteiger partial charge in [-0.3, -0.25) is 14.4 Å². The molecule has 5 bridgehead atoms.